The lowest BCUT2D eigenvalue weighted by molar-refractivity contribution is -0.135. The molecular formula is C18H24N4O2. The highest BCUT2D eigenvalue weighted by molar-refractivity contribution is 5.79. The third-order valence-corrected chi connectivity index (χ3v) is 5.26. The van der Waals surface area contributed by atoms with E-state index >= 15 is 0 Å². The first-order valence-electron chi connectivity index (χ1n) is 8.90. The topological polar surface area (TPSA) is 58.4 Å². The first-order chi connectivity index (χ1) is 11.6. The Hall–Kier alpha value is -2.11. The van der Waals surface area contributed by atoms with E-state index in [1.165, 1.54) is 12.8 Å². The first-order valence-corrected chi connectivity index (χ1v) is 8.90. The standard InChI is InChI=1S/C18H24N4O2/c1-13-18-19-15(11-16(23)20-6-2-3-7-20)12-21(18)8-9-22(13)17(24)10-14-4-5-14/h2-3,12-14H,4-11H2,1H3/t13-/m0/s1. The lowest BCUT2D eigenvalue weighted by atomic mass is 10.1. The fraction of sp³-hybridized carbons (Fsp3) is 0.611. The number of rotatable bonds is 4. The Bertz CT molecular complexity index is 681. The summed E-state index contributed by atoms with van der Waals surface area (Å²) in [4.78, 5) is 33.2. The molecule has 1 aliphatic carbocycles. The van der Waals surface area contributed by atoms with Crippen LogP contribution < -0.4 is 0 Å². The van der Waals surface area contributed by atoms with Gasteiger partial charge in [0, 0.05) is 38.8 Å². The van der Waals surface area contributed by atoms with Crippen molar-refractivity contribution in [2.45, 2.75) is 45.2 Å². The Labute approximate surface area is 142 Å². The fourth-order valence-corrected chi connectivity index (χ4v) is 3.61. The van der Waals surface area contributed by atoms with E-state index in [4.69, 9.17) is 0 Å². The van der Waals surface area contributed by atoms with E-state index in [0.29, 0.717) is 31.8 Å². The molecule has 0 N–H and O–H groups in total. The van der Waals surface area contributed by atoms with Gasteiger partial charge in [-0.05, 0) is 25.7 Å². The van der Waals surface area contributed by atoms with Crippen molar-refractivity contribution in [1.82, 2.24) is 19.4 Å². The van der Waals surface area contributed by atoms with Crippen LogP contribution in [0.2, 0.25) is 0 Å². The minimum Gasteiger partial charge on any atom is -0.335 e. The molecule has 0 bridgehead atoms. The van der Waals surface area contributed by atoms with Gasteiger partial charge < -0.3 is 14.4 Å². The largest absolute Gasteiger partial charge is 0.335 e. The molecule has 1 aromatic rings. The third-order valence-electron chi connectivity index (χ3n) is 5.26. The van der Waals surface area contributed by atoms with Crippen LogP contribution in [0.1, 0.15) is 43.7 Å². The van der Waals surface area contributed by atoms with Crippen molar-refractivity contribution < 1.29 is 9.59 Å². The number of hydrogen-bond acceptors (Lipinski definition) is 3. The summed E-state index contributed by atoms with van der Waals surface area (Å²) in [5.74, 6) is 1.88. The van der Waals surface area contributed by atoms with Crippen LogP contribution in [0.3, 0.4) is 0 Å². The third kappa shape index (κ3) is 2.97. The van der Waals surface area contributed by atoms with Crippen LogP contribution in [-0.2, 0) is 22.6 Å². The minimum absolute atomic E-state index is 0.0118. The van der Waals surface area contributed by atoms with Gasteiger partial charge in [0.25, 0.3) is 0 Å². The Kier molecular flexibility index (Phi) is 3.90. The number of amides is 2. The van der Waals surface area contributed by atoms with E-state index in [2.05, 4.69) is 9.55 Å². The molecular weight excluding hydrogens is 304 g/mol. The second kappa shape index (κ2) is 6.07. The Morgan fingerprint density at radius 1 is 1.17 bits per heavy atom. The zero-order valence-electron chi connectivity index (χ0n) is 14.1. The van der Waals surface area contributed by atoms with Crippen LogP contribution >= 0.6 is 0 Å². The van der Waals surface area contributed by atoms with E-state index in [-0.39, 0.29) is 17.9 Å². The van der Waals surface area contributed by atoms with Crippen LogP contribution in [0.5, 0.6) is 0 Å². The molecule has 1 fully saturated rings. The van der Waals surface area contributed by atoms with E-state index < -0.39 is 0 Å². The van der Waals surface area contributed by atoms with Crippen LogP contribution in [0.25, 0.3) is 0 Å². The summed E-state index contributed by atoms with van der Waals surface area (Å²) in [6, 6.07) is -0.0118. The number of aromatic nitrogens is 2. The van der Waals surface area contributed by atoms with E-state index in [9.17, 15) is 9.59 Å². The van der Waals surface area contributed by atoms with Crippen molar-refractivity contribution in [3.63, 3.8) is 0 Å². The number of fused-ring (bicyclic) bond motifs is 1. The summed E-state index contributed by atoms with van der Waals surface area (Å²) in [7, 11) is 0. The molecule has 2 aliphatic heterocycles. The highest BCUT2D eigenvalue weighted by atomic mass is 16.2. The van der Waals surface area contributed by atoms with Gasteiger partial charge in [-0.1, -0.05) is 12.2 Å². The highest BCUT2D eigenvalue weighted by Gasteiger charge is 2.33. The molecule has 1 atom stereocenters. The van der Waals surface area contributed by atoms with E-state index in [1.54, 1.807) is 0 Å². The molecule has 0 radical (unpaired) electrons. The number of hydrogen-bond donors (Lipinski definition) is 0. The summed E-state index contributed by atoms with van der Waals surface area (Å²) < 4.78 is 2.11. The average Bonchev–Trinajstić information content (AvgIpc) is 3.04. The molecule has 0 saturated heterocycles. The number of carbonyl (C=O) groups is 2. The van der Waals surface area contributed by atoms with Gasteiger partial charge in [-0.3, -0.25) is 9.59 Å². The maximum Gasteiger partial charge on any atom is 0.229 e. The zero-order valence-corrected chi connectivity index (χ0v) is 14.1. The Morgan fingerprint density at radius 3 is 2.62 bits per heavy atom. The summed E-state index contributed by atoms with van der Waals surface area (Å²) >= 11 is 0. The highest BCUT2D eigenvalue weighted by Crippen LogP contribution is 2.34. The van der Waals surface area contributed by atoms with Crippen LogP contribution in [0.4, 0.5) is 0 Å². The summed E-state index contributed by atoms with van der Waals surface area (Å²) in [5.41, 5.74) is 0.810. The molecule has 2 amide bonds. The number of nitrogens with zero attached hydrogens (tertiary/aromatic N) is 4. The van der Waals surface area contributed by atoms with Gasteiger partial charge in [-0.25, -0.2) is 4.98 Å². The monoisotopic (exact) mass is 328 g/mol. The van der Waals surface area contributed by atoms with E-state index in [0.717, 1.165) is 24.6 Å². The molecule has 1 saturated carbocycles. The SMILES string of the molecule is C[C@H]1c2nc(CC(=O)N3CC=CC3)cn2CCN1C(=O)CC1CC1. The summed E-state index contributed by atoms with van der Waals surface area (Å²) in [6.07, 6.45) is 9.42. The normalized spacial score (nSPS) is 22.8. The van der Waals surface area contributed by atoms with Gasteiger partial charge in [0.1, 0.15) is 5.82 Å². The first kappa shape index (κ1) is 15.4. The van der Waals surface area contributed by atoms with Gasteiger partial charge in [0.2, 0.25) is 11.8 Å². The van der Waals surface area contributed by atoms with Gasteiger partial charge >= 0.3 is 0 Å². The van der Waals surface area contributed by atoms with Crippen molar-refractivity contribution in [3.05, 3.63) is 29.9 Å². The van der Waals surface area contributed by atoms with E-state index in [1.807, 2.05) is 35.1 Å². The van der Waals surface area contributed by atoms with Crippen LogP contribution in [0, 0.1) is 5.92 Å². The predicted octanol–water partition coefficient (Wildman–Crippen LogP) is 1.53. The lowest BCUT2D eigenvalue weighted by Gasteiger charge is -2.34. The summed E-state index contributed by atoms with van der Waals surface area (Å²) in [5, 5.41) is 0. The fourth-order valence-electron chi connectivity index (χ4n) is 3.61. The summed E-state index contributed by atoms with van der Waals surface area (Å²) in [6.45, 7) is 4.94. The zero-order chi connectivity index (χ0) is 16.7. The Balaban J connectivity index is 1.44. The second-order valence-corrected chi connectivity index (χ2v) is 7.14. The quantitative estimate of drug-likeness (QED) is 0.788. The maximum absolute atomic E-state index is 12.4. The van der Waals surface area contributed by atoms with Gasteiger partial charge in [0.15, 0.2) is 0 Å². The average molecular weight is 328 g/mol. The number of imidazole rings is 1. The van der Waals surface area contributed by atoms with Crippen LogP contribution in [0.15, 0.2) is 18.3 Å². The minimum atomic E-state index is -0.0118. The molecule has 0 aromatic carbocycles. The Morgan fingerprint density at radius 2 is 1.92 bits per heavy atom. The van der Waals surface area contributed by atoms with Gasteiger partial charge in [0.05, 0.1) is 18.2 Å². The molecule has 24 heavy (non-hydrogen) atoms. The van der Waals surface area contributed by atoms with Crippen molar-refractivity contribution in [2.75, 3.05) is 19.6 Å². The molecule has 3 heterocycles. The molecule has 4 rings (SSSR count). The lowest BCUT2D eigenvalue weighted by Crippen LogP contribution is -2.41. The predicted molar refractivity (Wildman–Crippen MR) is 89.1 cm³/mol. The smallest absolute Gasteiger partial charge is 0.229 e. The maximum atomic E-state index is 12.4. The molecule has 128 valence electrons. The molecule has 0 unspecified atom stereocenters. The second-order valence-electron chi connectivity index (χ2n) is 7.14. The van der Waals surface area contributed by atoms with Gasteiger partial charge in [-0.2, -0.15) is 0 Å². The number of carbonyl (C=O) groups excluding carboxylic acids is 2. The van der Waals surface area contributed by atoms with Gasteiger partial charge in [-0.15, -0.1) is 0 Å². The van der Waals surface area contributed by atoms with Crippen molar-refractivity contribution in [3.8, 4) is 0 Å². The molecule has 6 nitrogen and oxygen atoms in total. The van der Waals surface area contributed by atoms with Crippen molar-refractivity contribution in [1.29, 1.82) is 0 Å². The van der Waals surface area contributed by atoms with Crippen molar-refractivity contribution >= 4 is 11.8 Å². The molecule has 1 aromatic heterocycles. The van der Waals surface area contributed by atoms with Crippen LogP contribution in [-0.4, -0.2) is 50.8 Å². The molecule has 3 aliphatic rings. The van der Waals surface area contributed by atoms with Crippen molar-refractivity contribution in [2.24, 2.45) is 5.92 Å². The molecule has 6 heteroatoms. The molecule has 0 spiro atoms.